The van der Waals surface area contributed by atoms with Gasteiger partial charge >= 0.3 is 0 Å². The fraction of sp³-hybridized carbons (Fsp3) is 0.100. The molecule has 0 radical (unpaired) electrons. The number of aldehydes is 1. The highest BCUT2D eigenvalue weighted by Gasteiger charge is 1.97. The summed E-state index contributed by atoms with van der Waals surface area (Å²) in [6.45, 7) is -0.187. The minimum absolute atomic E-state index is 0.187. The molecule has 0 aliphatic carbocycles. The molecule has 0 saturated heterocycles. The summed E-state index contributed by atoms with van der Waals surface area (Å²) in [6, 6.07) is 4.86. The molecule has 1 rings (SSSR count). The van der Waals surface area contributed by atoms with Crippen molar-refractivity contribution in [2.45, 2.75) is 0 Å². The van der Waals surface area contributed by atoms with Gasteiger partial charge < -0.3 is 5.11 Å². The van der Waals surface area contributed by atoms with Crippen LogP contribution in [-0.2, 0) is 0 Å². The molecule has 0 amide bonds. The Bertz CT molecular complexity index is 374. The van der Waals surface area contributed by atoms with Gasteiger partial charge in [-0.25, -0.2) is 0 Å². The molecule has 0 saturated carbocycles. The molecule has 0 aliphatic rings. The summed E-state index contributed by atoms with van der Waals surface area (Å²) < 4.78 is 0. The molecule has 13 heavy (non-hydrogen) atoms. The summed E-state index contributed by atoms with van der Waals surface area (Å²) in [5, 5.41) is 8.81. The third-order valence-corrected chi connectivity index (χ3v) is 1.77. The van der Waals surface area contributed by atoms with Gasteiger partial charge in [-0.15, -0.1) is 0 Å². The first-order valence-electron chi connectivity index (χ1n) is 3.62. The minimum Gasteiger partial charge on any atom is -0.384 e. The van der Waals surface area contributed by atoms with E-state index in [1.165, 1.54) is 0 Å². The van der Waals surface area contributed by atoms with Crippen LogP contribution in [0.3, 0.4) is 0 Å². The van der Waals surface area contributed by atoms with Crippen LogP contribution in [0.15, 0.2) is 18.2 Å². The van der Waals surface area contributed by atoms with Crippen LogP contribution >= 0.6 is 11.6 Å². The molecule has 1 aromatic rings. The van der Waals surface area contributed by atoms with Gasteiger partial charge in [0.25, 0.3) is 0 Å². The molecule has 1 aromatic carbocycles. The molecule has 0 spiro atoms. The van der Waals surface area contributed by atoms with Crippen LogP contribution in [0.4, 0.5) is 0 Å². The van der Waals surface area contributed by atoms with E-state index in [1.54, 1.807) is 18.2 Å². The third kappa shape index (κ3) is 2.59. The maximum absolute atomic E-state index is 10.4. The predicted octanol–water partition coefficient (Wildman–Crippen LogP) is 1.50. The molecular weight excluding hydrogens is 188 g/mol. The van der Waals surface area contributed by atoms with Gasteiger partial charge in [-0.05, 0) is 18.2 Å². The topological polar surface area (TPSA) is 37.3 Å². The summed E-state index contributed by atoms with van der Waals surface area (Å²) in [5.74, 6) is 5.17. The molecule has 0 aromatic heterocycles. The zero-order chi connectivity index (χ0) is 9.68. The fourth-order valence-corrected chi connectivity index (χ4v) is 1.07. The van der Waals surface area contributed by atoms with E-state index in [-0.39, 0.29) is 6.61 Å². The van der Waals surface area contributed by atoms with Crippen LogP contribution in [0.2, 0.25) is 5.02 Å². The lowest BCUT2D eigenvalue weighted by molar-refractivity contribution is 0.112. The normalized spacial score (nSPS) is 8.77. The standard InChI is InChI=1S/C10H7ClO2/c11-10-6-8(2-1-5-12)3-4-9(10)7-13/h3-4,6-7,12H,5H2. The average Bonchev–Trinajstić information content (AvgIpc) is 2.15. The second kappa shape index (κ2) is 4.66. The number of hydrogen-bond donors (Lipinski definition) is 1. The van der Waals surface area contributed by atoms with E-state index in [2.05, 4.69) is 11.8 Å². The lowest BCUT2D eigenvalue weighted by Crippen LogP contribution is -1.83. The number of rotatable bonds is 1. The first-order chi connectivity index (χ1) is 6.27. The molecule has 0 atom stereocenters. The molecule has 0 bridgehead atoms. The van der Waals surface area contributed by atoms with Crippen LogP contribution in [0.25, 0.3) is 0 Å². The first-order valence-corrected chi connectivity index (χ1v) is 4.00. The first kappa shape index (κ1) is 9.79. The highest BCUT2D eigenvalue weighted by atomic mass is 35.5. The van der Waals surface area contributed by atoms with E-state index in [4.69, 9.17) is 16.7 Å². The number of carbonyl (C=O) groups excluding carboxylic acids is 1. The second-order valence-electron chi connectivity index (χ2n) is 2.31. The Kier molecular flexibility index (Phi) is 3.51. The van der Waals surface area contributed by atoms with Gasteiger partial charge in [0.15, 0.2) is 6.29 Å². The van der Waals surface area contributed by atoms with E-state index in [9.17, 15) is 4.79 Å². The summed E-state index contributed by atoms with van der Waals surface area (Å²) in [5.41, 5.74) is 1.13. The van der Waals surface area contributed by atoms with Gasteiger partial charge in [-0.1, -0.05) is 23.4 Å². The van der Waals surface area contributed by atoms with Crippen molar-refractivity contribution in [1.82, 2.24) is 0 Å². The third-order valence-electron chi connectivity index (χ3n) is 1.44. The summed E-state index contributed by atoms with van der Waals surface area (Å²) in [7, 11) is 0. The van der Waals surface area contributed by atoms with Crippen LogP contribution in [0.1, 0.15) is 15.9 Å². The number of aliphatic hydroxyl groups excluding tert-OH is 1. The van der Waals surface area contributed by atoms with Crippen molar-refractivity contribution in [1.29, 1.82) is 0 Å². The molecule has 3 heteroatoms. The molecule has 66 valence electrons. The van der Waals surface area contributed by atoms with Gasteiger partial charge in [0, 0.05) is 11.1 Å². The predicted molar refractivity (Wildman–Crippen MR) is 50.8 cm³/mol. The van der Waals surface area contributed by atoms with Crippen LogP contribution in [-0.4, -0.2) is 18.0 Å². The van der Waals surface area contributed by atoms with E-state index in [0.29, 0.717) is 22.4 Å². The van der Waals surface area contributed by atoms with E-state index >= 15 is 0 Å². The van der Waals surface area contributed by atoms with Gasteiger partial charge in [0.05, 0.1) is 5.02 Å². The summed E-state index contributed by atoms with van der Waals surface area (Å²) in [6.07, 6.45) is 0.686. The number of carbonyl (C=O) groups is 1. The molecular formula is C10H7ClO2. The number of aliphatic hydroxyl groups is 1. The van der Waals surface area contributed by atoms with Gasteiger partial charge in [-0.3, -0.25) is 4.79 Å². The van der Waals surface area contributed by atoms with E-state index in [1.807, 2.05) is 0 Å². The highest BCUT2D eigenvalue weighted by Crippen LogP contribution is 2.15. The van der Waals surface area contributed by atoms with Crippen LogP contribution in [0.5, 0.6) is 0 Å². The highest BCUT2D eigenvalue weighted by molar-refractivity contribution is 6.33. The Labute approximate surface area is 81.1 Å². The minimum atomic E-state index is -0.187. The Morgan fingerprint density at radius 2 is 2.31 bits per heavy atom. The molecule has 0 unspecified atom stereocenters. The van der Waals surface area contributed by atoms with Crippen molar-refractivity contribution in [3.8, 4) is 11.8 Å². The Hall–Kier alpha value is -1.30. The van der Waals surface area contributed by atoms with Crippen molar-refractivity contribution < 1.29 is 9.90 Å². The van der Waals surface area contributed by atoms with Crippen LogP contribution < -0.4 is 0 Å². The zero-order valence-electron chi connectivity index (χ0n) is 6.75. The largest absolute Gasteiger partial charge is 0.384 e. The summed E-state index contributed by atoms with van der Waals surface area (Å²) in [4.78, 5) is 10.4. The maximum atomic E-state index is 10.4. The molecule has 1 N–H and O–H groups in total. The Balaban J connectivity index is 3.02. The summed E-state index contributed by atoms with van der Waals surface area (Å²) >= 11 is 5.75. The van der Waals surface area contributed by atoms with E-state index < -0.39 is 0 Å². The van der Waals surface area contributed by atoms with Gasteiger partial charge in [0.1, 0.15) is 6.61 Å². The lowest BCUT2D eigenvalue weighted by Gasteiger charge is -1.95. The molecule has 0 heterocycles. The maximum Gasteiger partial charge on any atom is 0.151 e. The van der Waals surface area contributed by atoms with Gasteiger partial charge in [-0.2, -0.15) is 0 Å². The lowest BCUT2D eigenvalue weighted by atomic mass is 10.1. The van der Waals surface area contributed by atoms with Crippen LogP contribution in [0, 0.1) is 11.8 Å². The zero-order valence-corrected chi connectivity index (χ0v) is 7.51. The molecule has 0 fully saturated rings. The Morgan fingerprint density at radius 1 is 1.54 bits per heavy atom. The smallest absolute Gasteiger partial charge is 0.151 e. The van der Waals surface area contributed by atoms with Crippen molar-refractivity contribution in [3.63, 3.8) is 0 Å². The fourth-order valence-electron chi connectivity index (χ4n) is 0.842. The van der Waals surface area contributed by atoms with Crippen molar-refractivity contribution in [2.75, 3.05) is 6.61 Å². The molecule has 2 nitrogen and oxygen atoms in total. The van der Waals surface area contributed by atoms with Gasteiger partial charge in [0.2, 0.25) is 0 Å². The number of hydrogen-bond acceptors (Lipinski definition) is 2. The van der Waals surface area contributed by atoms with Crippen molar-refractivity contribution in [2.24, 2.45) is 0 Å². The van der Waals surface area contributed by atoms with Crippen molar-refractivity contribution >= 4 is 17.9 Å². The van der Waals surface area contributed by atoms with E-state index in [0.717, 1.165) is 0 Å². The number of halogens is 1. The van der Waals surface area contributed by atoms with Crippen molar-refractivity contribution in [3.05, 3.63) is 34.3 Å². The Morgan fingerprint density at radius 3 is 2.85 bits per heavy atom. The second-order valence-corrected chi connectivity index (χ2v) is 2.72. The molecule has 0 aliphatic heterocycles. The average molecular weight is 195 g/mol. The quantitative estimate of drug-likeness (QED) is 0.544. The monoisotopic (exact) mass is 194 g/mol. The SMILES string of the molecule is O=Cc1ccc(C#CCO)cc1Cl. The number of benzene rings is 1.